The molecule has 1 N–H and O–H groups in total. The minimum absolute atomic E-state index is 0.191. The minimum Gasteiger partial charge on any atom is -0.483 e. The molecule has 0 heterocycles. The Kier molecular flexibility index (Phi) is 5.95. The van der Waals surface area contributed by atoms with E-state index in [1.54, 1.807) is 31.2 Å². The van der Waals surface area contributed by atoms with Crippen LogP contribution in [0.15, 0.2) is 42.5 Å². The van der Waals surface area contributed by atoms with Crippen LogP contribution in [0, 0.1) is 13.8 Å². The first-order valence-electron chi connectivity index (χ1n) is 7.77. The quantitative estimate of drug-likeness (QED) is 0.825. The summed E-state index contributed by atoms with van der Waals surface area (Å²) in [6, 6.07) is 12.5. The van der Waals surface area contributed by atoms with Crippen molar-refractivity contribution in [3.05, 3.63) is 59.2 Å². The van der Waals surface area contributed by atoms with Crippen LogP contribution in [0.25, 0.3) is 0 Å². The fourth-order valence-corrected chi connectivity index (χ4v) is 2.25. The van der Waals surface area contributed by atoms with Crippen molar-refractivity contribution in [1.29, 1.82) is 0 Å². The molecule has 0 radical (unpaired) electrons. The standard InChI is InChI=1S/C19H21NO4/c1-4-23-19(22)15-7-5-6-8-17(15)24-12-18(21)20-16-10-9-13(2)11-14(16)3/h5-11H,4,12H2,1-3H3,(H,20,21). The Labute approximate surface area is 141 Å². The topological polar surface area (TPSA) is 64.6 Å². The highest BCUT2D eigenvalue weighted by Gasteiger charge is 2.14. The lowest BCUT2D eigenvalue weighted by atomic mass is 10.1. The van der Waals surface area contributed by atoms with Gasteiger partial charge in [-0.2, -0.15) is 0 Å². The molecule has 5 heteroatoms. The zero-order valence-corrected chi connectivity index (χ0v) is 14.1. The Morgan fingerprint density at radius 3 is 2.54 bits per heavy atom. The molecule has 2 aromatic rings. The van der Waals surface area contributed by atoms with Crippen molar-refractivity contribution in [2.24, 2.45) is 0 Å². The molecular weight excluding hydrogens is 306 g/mol. The molecular formula is C19H21NO4. The molecule has 0 atom stereocenters. The van der Waals surface area contributed by atoms with E-state index >= 15 is 0 Å². The van der Waals surface area contributed by atoms with Crippen molar-refractivity contribution in [1.82, 2.24) is 0 Å². The van der Waals surface area contributed by atoms with E-state index in [0.29, 0.717) is 11.3 Å². The first-order valence-corrected chi connectivity index (χ1v) is 7.77. The van der Waals surface area contributed by atoms with Gasteiger partial charge in [-0.3, -0.25) is 4.79 Å². The van der Waals surface area contributed by atoms with Gasteiger partial charge in [0.2, 0.25) is 0 Å². The van der Waals surface area contributed by atoms with Crippen LogP contribution in [0.3, 0.4) is 0 Å². The molecule has 0 unspecified atom stereocenters. The molecule has 1 amide bonds. The molecule has 0 aromatic heterocycles. The van der Waals surface area contributed by atoms with Crippen LogP contribution in [-0.4, -0.2) is 25.1 Å². The highest BCUT2D eigenvalue weighted by molar-refractivity contribution is 5.94. The molecule has 2 rings (SSSR count). The second-order valence-electron chi connectivity index (χ2n) is 5.37. The third-order valence-corrected chi connectivity index (χ3v) is 3.40. The summed E-state index contributed by atoms with van der Waals surface area (Å²) < 4.78 is 10.5. The number of aryl methyl sites for hydroxylation is 2. The number of esters is 1. The Bertz CT molecular complexity index is 740. The minimum atomic E-state index is -0.470. The van der Waals surface area contributed by atoms with Gasteiger partial charge in [0, 0.05) is 5.69 Å². The second kappa shape index (κ2) is 8.15. The summed E-state index contributed by atoms with van der Waals surface area (Å²) in [6.07, 6.45) is 0. The van der Waals surface area contributed by atoms with Crippen molar-refractivity contribution in [2.45, 2.75) is 20.8 Å². The molecule has 0 aliphatic rings. The zero-order valence-electron chi connectivity index (χ0n) is 14.1. The van der Waals surface area contributed by atoms with Gasteiger partial charge >= 0.3 is 5.97 Å². The van der Waals surface area contributed by atoms with E-state index in [2.05, 4.69) is 5.32 Å². The van der Waals surface area contributed by atoms with E-state index in [0.717, 1.165) is 16.8 Å². The maximum atomic E-state index is 12.1. The van der Waals surface area contributed by atoms with Crippen LogP contribution in [0.5, 0.6) is 5.75 Å². The fraction of sp³-hybridized carbons (Fsp3) is 0.263. The normalized spacial score (nSPS) is 10.1. The lowest BCUT2D eigenvalue weighted by molar-refractivity contribution is -0.118. The summed E-state index contributed by atoms with van der Waals surface area (Å²) in [6.45, 7) is 5.75. The fourth-order valence-electron chi connectivity index (χ4n) is 2.25. The lowest BCUT2D eigenvalue weighted by Crippen LogP contribution is -2.21. The highest BCUT2D eigenvalue weighted by Crippen LogP contribution is 2.20. The Hall–Kier alpha value is -2.82. The van der Waals surface area contributed by atoms with Crippen molar-refractivity contribution in [3.63, 3.8) is 0 Å². The zero-order chi connectivity index (χ0) is 17.5. The number of amides is 1. The van der Waals surface area contributed by atoms with Crippen molar-refractivity contribution in [2.75, 3.05) is 18.5 Å². The number of nitrogens with one attached hydrogen (secondary N) is 1. The van der Waals surface area contributed by atoms with E-state index in [-0.39, 0.29) is 19.1 Å². The van der Waals surface area contributed by atoms with Crippen LogP contribution in [0.1, 0.15) is 28.4 Å². The summed E-state index contributed by atoms with van der Waals surface area (Å²) in [5.41, 5.74) is 3.16. The summed E-state index contributed by atoms with van der Waals surface area (Å²) in [4.78, 5) is 24.0. The number of anilines is 1. The Morgan fingerprint density at radius 2 is 1.83 bits per heavy atom. The van der Waals surface area contributed by atoms with Gasteiger partial charge in [-0.05, 0) is 44.5 Å². The van der Waals surface area contributed by atoms with Gasteiger partial charge < -0.3 is 14.8 Å². The molecule has 0 bridgehead atoms. The van der Waals surface area contributed by atoms with Gasteiger partial charge in [0.1, 0.15) is 11.3 Å². The molecule has 126 valence electrons. The second-order valence-corrected chi connectivity index (χ2v) is 5.37. The molecule has 24 heavy (non-hydrogen) atoms. The van der Waals surface area contributed by atoms with Gasteiger partial charge in [-0.15, -0.1) is 0 Å². The van der Waals surface area contributed by atoms with E-state index in [9.17, 15) is 9.59 Å². The van der Waals surface area contributed by atoms with Crippen LogP contribution in [-0.2, 0) is 9.53 Å². The first kappa shape index (κ1) is 17.5. The van der Waals surface area contributed by atoms with Crippen molar-refractivity contribution >= 4 is 17.6 Å². The highest BCUT2D eigenvalue weighted by atomic mass is 16.5. The van der Waals surface area contributed by atoms with Gasteiger partial charge in [-0.1, -0.05) is 29.8 Å². The number of para-hydroxylation sites is 1. The number of hydrogen-bond donors (Lipinski definition) is 1. The molecule has 0 aliphatic heterocycles. The molecule has 2 aromatic carbocycles. The predicted molar refractivity (Wildman–Crippen MR) is 92.4 cm³/mol. The van der Waals surface area contributed by atoms with Gasteiger partial charge in [0.15, 0.2) is 6.61 Å². The van der Waals surface area contributed by atoms with Gasteiger partial charge in [-0.25, -0.2) is 4.79 Å². The van der Waals surface area contributed by atoms with Crippen LogP contribution in [0.2, 0.25) is 0 Å². The predicted octanol–water partition coefficient (Wildman–Crippen LogP) is 3.50. The lowest BCUT2D eigenvalue weighted by Gasteiger charge is -2.12. The monoisotopic (exact) mass is 327 g/mol. The van der Waals surface area contributed by atoms with Gasteiger partial charge in [0.05, 0.1) is 6.61 Å². The number of hydrogen-bond acceptors (Lipinski definition) is 4. The summed E-state index contributed by atoms with van der Waals surface area (Å²) in [7, 11) is 0. The molecule has 5 nitrogen and oxygen atoms in total. The summed E-state index contributed by atoms with van der Waals surface area (Å²) in [5.74, 6) is -0.435. The average Bonchev–Trinajstić information content (AvgIpc) is 2.56. The van der Waals surface area contributed by atoms with Crippen LogP contribution >= 0.6 is 0 Å². The number of ether oxygens (including phenoxy) is 2. The third-order valence-electron chi connectivity index (χ3n) is 3.40. The molecule has 0 spiro atoms. The van der Waals surface area contributed by atoms with Crippen LogP contribution in [0.4, 0.5) is 5.69 Å². The number of carbonyl (C=O) groups is 2. The molecule has 0 aliphatic carbocycles. The smallest absolute Gasteiger partial charge is 0.341 e. The summed E-state index contributed by atoms with van der Waals surface area (Å²) in [5, 5.41) is 2.80. The number of rotatable bonds is 6. The van der Waals surface area contributed by atoms with E-state index in [4.69, 9.17) is 9.47 Å². The SMILES string of the molecule is CCOC(=O)c1ccccc1OCC(=O)Nc1ccc(C)cc1C. The van der Waals surface area contributed by atoms with Gasteiger partial charge in [0.25, 0.3) is 5.91 Å². The van der Waals surface area contributed by atoms with E-state index < -0.39 is 5.97 Å². The molecule has 0 fully saturated rings. The van der Waals surface area contributed by atoms with Crippen molar-refractivity contribution in [3.8, 4) is 5.75 Å². The summed E-state index contributed by atoms with van der Waals surface area (Å²) >= 11 is 0. The number of carbonyl (C=O) groups excluding carboxylic acids is 2. The van der Waals surface area contributed by atoms with E-state index in [1.807, 2.05) is 32.0 Å². The maximum Gasteiger partial charge on any atom is 0.341 e. The molecule has 0 saturated carbocycles. The maximum absolute atomic E-state index is 12.1. The largest absolute Gasteiger partial charge is 0.483 e. The van der Waals surface area contributed by atoms with Crippen molar-refractivity contribution < 1.29 is 19.1 Å². The Balaban J connectivity index is 2.00. The first-order chi connectivity index (χ1) is 11.5. The number of benzene rings is 2. The van der Waals surface area contributed by atoms with Crippen LogP contribution < -0.4 is 10.1 Å². The Morgan fingerprint density at radius 1 is 1.08 bits per heavy atom. The molecule has 0 saturated heterocycles. The van der Waals surface area contributed by atoms with E-state index in [1.165, 1.54) is 0 Å². The average molecular weight is 327 g/mol. The third kappa shape index (κ3) is 4.59.